The zero-order chi connectivity index (χ0) is 6.91. The normalized spacial score (nSPS) is 11.7. The number of rotatable bonds is 1. The topological polar surface area (TPSA) is 73.1 Å². The highest BCUT2D eigenvalue weighted by atomic mass is 32.2. The lowest BCUT2D eigenvalue weighted by molar-refractivity contribution is 0.400. The fourth-order valence-electron chi connectivity index (χ4n) is 0.324. The van der Waals surface area contributed by atoms with Crippen LogP contribution >= 0.6 is 0 Å². The monoisotopic (exact) mass is 148 g/mol. The molecule has 50 valence electrons. The van der Waals surface area contributed by atoms with E-state index in [1.165, 1.54) is 0 Å². The Hall–Kier alpha value is -0.910. The van der Waals surface area contributed by atoms with E-state index < -0.39 is 9.84 Å². The lowest BCUT2D eigenvalue weighted by atomic mass is 11.3. The first kappa shape index (κ1) is 6.21. The predicted octanol–water partition coefficient (Wildman–Crippen LogP) is -0.527. The molecule has 0 saturated heterocycles. The molecule has 1 heterocycles. The van der Waals surface area contributed by atoms with Crippen LogP contribution in [0.25, 0.3) is 0 Å². The van der Waals surface area contributed by atoms with E-state index in [1.54, 1.807) is 0 Å². The Labute approximate surface area is 51.6 Å². The second-order valence-corrected chi connectivity index (χ2v) is 3.40. The fraction of sp³-hybridized carbons (Fsp3) is 0.333. The minimum Gasteiger partial charge on any atom is -0.342 e. The molecule has 0 fully saturated rings. The molecule has 0 amide bonds. The first-order valence-corrected chi connectivity index (χ1v) is 3.96. The van der Waals surface area contributed by atoms with Crippen LogP contribution in [-0.2, 0) is 9.84 Å². The first-order valence-electron chi connectivity index (χ1n) is 2.07. The van der Waals surface area contributed by atoms with Crippen molar-refractivity contribution in [3.05, 3.63) is 6.39 Å². The van der Waals surface area contributed by atoms with Crippen LogP contribution in [0.15, 0.2) is 16.1 Å². The molecule has 0 aliphatic carbocycles. The molecular formula is C3H4N2O3S. The van der Waals surface area contributed by atoms with Gasteiger partial charge in [-0.05, 0) is 5.16 Å². The summed E-state index contributed by atoms with van der Waals surface area (Å²) in [5.74, 6) is 0. The van der Waals surface area contributed by atoms with Gasteiger partial charge in [0.15, 0.2) is 0 Å². The first-order chi connectivity index (χ1) is 4.11. The lowest BCUT2D eigenvalue weighted by Gasteiger charge is -1.81. The molecule has 1 aromatic rings. The van der Waals surface area contributed by atoms with Crippen molar-refractivity contribution in [3.8, 4) is 0 Å². The van der Waals surface area contributed by atoms with Gasteiger partial charge >= 0.3 is 0 Å². The summed E-state index contributed by atoms with van der Waals surface area (Å²) in [7, 11) is -3.28. The minimum atomic E-state index is -3.28. The maximum absolute atomic E-state index is 10.5. The predicted molar refractivity (Wildman–Crippen MR) is 27.4 cm³/mol. The Kier molecular flexibility index (Phi) is 1.24. The molecule has 0 aliphatic heterocycles. The van der Waals surface area contributed by atoms with Crippen molar-refractivity contribution < 1.29 is 12.9 Å². The van der Waals surface area contributed by atoms with Gasteiger partial charge in [-0.2, -0.15) is 4.98 Å². The molecule has 0 saturated carbocycles. The van der Waals surface area contributed by atoms with Crippen molar-refractivity contribution in [2.45, 2.75) is 5.16 Å². The Balaban J connectivity index is 3.20. The number of aromatic nitrogens is 2. The average Bonchev–Trinajstić information content (AvgIpc) is 2.08. The van der Waals surface area contributed by atoms with E-state index in [9.17, 15) is 8.42 Å². The smallest absolute Gasteiger partial charge is 0.287 e. The highest BCUT2D eigenvalue weighted by molar-refractivity contribution is 7.90. The molecule has 1 aromatic heterocycles. The minimum absolute atomic E-state index is 0.275. The van der Waals surface area contributed by atoms with E-state index in [0.717, 1.165) is 12.6 Å². The van der Waals surface area contributed by atoms with Crippen LogP contribution in [0.1, 0.15) is 0 Å². The maximum Gasteiger partial charge on any atom is 0.287 e. The number of nitrogens with zero attached hydrogens (tertiary/aromatic N) is 2. The highest BCUT2D eigenvalue weighted by Gasteiger charge is 2.10. The molecule has 0 bridgehead atoms. The van der Waals surface area contributed by atoms with Crippen LogP contribution in [0.2, 0.25) is 0 Å². The zero-order valence-corrected chi connectivity index (χ0v) is 5.42. The van der Waals surface area contributed by atoms with E-state index in [1.807, 2.05) is 0 Å². The van der Waals surface area contributed by atoms with Gasteiger partial charge in [0.1, 0.15) is 0 Å². The summed E-state index contributed by atoms with van der Waals surface area (Å²) < 4.78 is 25.2. The van der Waals surface area contributed by atoms with Crippen LogP contribution in [0.4, 0.5) is 0 Å². The van der Waals surface area contributed by atoms with E-state index in [4.69, 9.17) is 0 Å². The van der Waals surface area contributed by atoms with E-state index >= 15 is 0 Å². The highest BCUT2D eigenvalue weighted by Crippen LogP contribution is 1.96. The summed E-state index contributed by atoms with van der Waals surface area (Å²) in [5.41, 5.74) is 0. The molecule has 5 nitrogen and oxygen atoms in total. The third-order valence-corrected chi connectivity index (χ3v) is 1.52. The van der Waals surface area contributed by atoms with Crippen LogP contribution in [0.5, 0.6) is 0 Å². The number of hydrogen-bond donors (Lipinski definition) is 0. The average molecular weight is 148 g/mol. The van der Waals surface area contributed by atoms with Crippen molar-refractivity contribution in [1.29, 1.82) is 0 Å². The van der Waals surface area contributed by atoms with Crippen LogP contribution < -0.4 is 0 Å². The summed E-state index contributed by atoms with van der Waals surface area (Å²) in [6.07, 6.45) is 1.98. The van der Waals surface area contributed by atoms with Crippen molar-refractivity contribution in [2.24, 2.45) is 0 Å². The van der Waals surface area contributed by atoms with Gasteiger partial charge in [0, 0.05) is 6.26 Å². The molecule has 0 atom stereocenters. The summed E-state index contributed by atoms with van der Waals surface area (Å²) in [6.45, 7) is 0. The molecule has 0 aliphatic rings. The quantitative estimate of drug-likeness (QED) is 0.535. The van der Waals surface area contributed by atoms with Crippen LogP contribution in [0, 0.1) is 0 Å². The number of sulfone groups is 1. The lowest BCUT2D eigenvalue weighted by Crippen LogP contribution is -1.98. The Morgan fingerprint density at radius 1 is 1.67 bits per heavy atom. The van der Waals surface area contributed by atoms with Crippen molar-refractivity contribution in [2.75, 3.05) is 6.26 Å². The van der Waals surface area contributed by atoms with Crippen molar-refractivity contribution in [1.82, 2.24) is 10.1 Å². The van der Waals surface area contributed by atoms with Crippen LogP contribution in [-0.4, -0.2) is 24.8 Å². The summed E-state index contributed by atoms with van der Waals surface area (Å²) in [6, 6.07) is 0. The van der Waals surface area contributed by atoms with Gasteiger partial charge in [-0.3, -0.25) is 0 Å². The molecule has 0 radical (unpaired) electrons. The molecule has 1 rings (SSSR count). The van der Waals surface area contributed by atoms with Gasteiger partial charge in [0.05, 0.1) is 0 Å². The molecule has 0 N–H and O–H groups in total. The second kappa shape index (κ2) is 1.80. The number of hydrogen-bond acceptors (Lipinski definition) is 5. The zero-order valence-electron chi connectivity index (χ0n) is 4.60. The van der Waals surface area contributed by atoms with Gasteiger partial charge in [-0.1, -0.05) is 0 Å². The van der Waals surface area contributed by atoms with Gasteiger partial charge in [0.2, 0.25) is 16.2 Å². The molecule has 0 spiro atoms. The molecule has 9 heavy (non-hydrogen) atoms. The van der Waals surface area contributed by atoms with Gasteiger partial charge in [-0.25, -0.2) is 8.42 Å². The van der Waals surface area contributed by atoms with Crippen molar-refractivity contribution in [3.63, 3.8) is 0 Å². The third kappa shape index (κ3) is 1.26. The van der Waals surface area contributed by atoms with Crippen LogP contribution in [0.3, 0.4) is 0 Å². The van der Waals surface area contributed by atoms with Gasteiger partial charge in [-0.15, -0.1) is 0 Å². The second-order valence-electron chi connectivity index (χ2n) is 1.49. The standard InChI is InChI=1S/C3H4N2O3S/c1-9(6,7)3-4-2-8-5-3/h2H,1H3. The molecular weight excluding hydrogens is 144 g/mol. The molecule has 0 unspecified atom stereocenters. The molecule has 6 heteroatoms. The summed E-state index contributed by atoms with van der Waals surface area (Å²) >= 11 is 0. The maximum atomic E-state index is 10.5. The van der Waals surface area contributed by atoms with E-state index in [0.29, 0.717) is 0 Å². The van der Waals surface area contributed by atoms with Gasteiger partial charge in [0.25, 0.3) is 5.16 Å². The van der Waals surface area contributed by atoms with Gasteiger partial charge < -0.3 is 4.52 Å². The third-order valence-electron chi connectivity index (χ3n) is 0.673. The van der Waals surface area contributed by atoms with Crippen molar-refractivity contribution >= 4 is 9.84 Å². The van der Waals surface area contributed by atoms with E-state index in [-0.39, 0.29) is 5.16 Å². The Bertz CT molecular complexity index is 274. The Morgan fingerprint density at radius 2 is 2.33 bits per heavy atom. The largest absolute Gasteiger partial charge is 0.342 e. The SMILES string of the molecule is CS(=O)(=O)c1ncon1. The molecule has 0 aromatic carbocycles. The summed E-state index contributed by atoms with van der Waals surface area (Å²) in [4.78, 5) is 3.32. The summed E-state index contributed by atoms with van der Waals surface area (Å²) in [5, 5.41) is 2.84. The van der Waals surface area contributed by atoms with E-state index in [2.05, 4.69) is 14.7 Å². The fourth-order valence-corrected chi connectivity index (χ4v) is 0.737. The Morgan fingerprint density at radius 3 is 2.56 bits per heavy atom.